The van der Waals surface area contributed by atoms with Gasteiger partial charge < -0.3 is 5.11 Å². The molecule has 0 spiro atoms. The quantitative estimate of drug-likeness (QED) is 0.611. The Morgan fingerprint density at radius 2 is 2.20 bits per heavy atom. The number of carbonyl (C=O) groups is 1. The lowest BCUT2D eigenvalue weighted by molar-refractivity contribution is -0.136. The Morgan fingerprint density at radius 1 is 1.60 bits per heavy atom. The van der Waals surface area contributed by atoms with Crippen LogP contribution in [0.3, 0.4) is 0 Å². The maximum atomic E-state index is 10.1. The van der Waals surface area contributed by atoms with E-state index < -0.39 is 5.97 Å². The summed E-state index contributed by atoms with van der Waals surface area (Å²) in [4.78, 5) is 10.1. The van der Waals surface area contributed by atoms with Crippen LogP contribution in [0.15, 0.2) is 11.6 Å². The van der Waals surface area contributed by atoms with Gasteiger partial charge in [0.05, 0.1) is 6.42 Å². The Morgan fingerprint density at radius 3 is 2.60 bits per heavy atom. The lowest BCUT2D eigenvalue weighted by atomic mass is 10.1. The highest BCUT2D eigenvalue weighted by atomic mass is 16.4. The molecule has 10 heavy (non-hydrogen) atoms. The maximum Gasteiger partial charge on any atom is 0.307 e. The zero-order valence-electron chi connectivity index (χ0n) is 6.55. The van der Waals surface area contributed by atoms with Crippen molar-refractivity contribution in [3.8, 4) is 0 Å². The summed E-state index contributed by atoms with van der Waals surface area (Å²) in [6.45, 7) is 4.05. The largest absolute Gasteiger partial charge is 0.481 e. The average Bonchev–Trinajstić information content (AvgIpc) is 1.85. The second kappa shape index (κ2) is 5.03. The molecule has 0 saturated carbocycles. The summed E-state index contributed by atoms with van der Waals surface area (Å²) in [5.41, 5.74) is 1.17. The number of carboxylic acid groups (broad SMARTS) is 1. The van der Waals surface area contributed by atoms with E-state index in [0.29, 0.717) is 0 Å². The molecule has 0 fully saturated rings. The lowest BCUT2D eigenvalue weighted by Gasteiger charge is -1.94. The van der Waals surface area contributed by atoms with Crippen molar-refractivity contribution in [2.45, 2.75) is 33.1 Å². The average molecular weight is 142 g/mol. The fourth-order valence-corrected chi connectivity index (χ4v) is 0.758. The molecule has 2 nitrogen and oxygen atoms in total. The molecule has 0 radical (unpaired) electrons. The fraction of sp³-hybridized carbons (Fsp3) is 0.625. The molecule has 0 aliphatic heterocycles. The van der Waals surface area contributed by atoms with Crippen molar-refractivity contribution in [2.75, 3.05) is 0 Å². The molecular formula is C8H14O2. The van der Waals surface area contributed by atoms with E-state index in [2.05, 4.69) is 6.92 Å². The zero-order valence-corrected chi connectivity index (χ0v) is 6.55. The van der Waals surface area contributed by atoms with Gasteiger partial charge in [0, 0.05) is 0 Å². The first kappa shape index (κ1) is 9.21. The molecule has 0 aromatic rings. The van der Waals surface area contributed by atoms with Gasteiger partial charge in [-0.05, 0) is 13.3 Å². The van der Waals surface area contributed by atoms with Crippen LogP contribution in [-0.2, 0) is 4.79 Å². The van der Waals surface area contributed by atoms with Gasteiger partial charge in [0.25, 0.3) is 0 Å². The summed E-state index contributed by atoms with van der Waals surface area (Å²) >= 11 is 0. The molecule has 2 heteroatoms. The van der Waals surface area contributed by atoms with Crippen LogP contribution in [0.4, 0.5) is 0 Å². The number of rotatable bonds is 4. The molecule has 0 saturated heterocycles. The Kier molecular flexibility index (Phi) is 4.63. The van der Waals surface area contributed by atoms with E-state index in [1.165, 1.54) is 5.57 Å². The highest BCUT2D eigenvalue weighted by Gasteiger charge is 1.92. The minimum absolute atomic E-state index is 0.159. The first-order valence-electron chi connectivity index (χ1n) is 3.54. The third-order valence-electron chi connectivity index (χ3n) is 1.27. The Balaban J connectivity index is 3.57. The normalized spacial score (nSPS) is 11.6. The van der Waals surface area contributed by atoms with Gasteiger partial charge in [-0.3, -0.25) is 4.79 Å². The standard InChI is InChI=1S/C8H14O2/c1-3-4-7(2)5-6-8(9)10/h5H,3-4,6H2,1-2H3,(H,9,10)/b7-5+. The van der Waals surface area contributed by atoms with E-state index in [1.54, 1.807) is 6.08 Å². The number of aliphatic carboxylic acids is 1. The summed E-state index contributed by atoms with van der Waals surface area (Å²) in [5.74, 6) is -0.754. The Hall–Kier alpha value is -0.790. The summed E-state index contributed by atoms with van der Waals surface area (Å²) in [5, 5.41) is 8.29. The molecule has 0 bridgehead atoms. The van der Waals surface area contributed by atoms with Gasteiger partial charge in [0.15, 0.2) is 0 Å². The molecule has 1 N–H and O–H groups in total. The summed E-state index contributed by atoms with van der Waals surface area (Å²) in [6.07, 6.45) is 4.02. The maximum absolute atomic E-state index is 10.1. The van der Waals surface area contributed by atoms with Gasteiger partial charge in [-0.15, -0.1) is 0 Å². The predicted molar refractivity (Wildman–Crippen MR) is 40.9 cm³/mol. The molecule has 0 atom stereocenters. The molecule has 0 rings (SSSR count). The van der Waals surface area contributed by atoms with Gasteiger partial charge in [-0.1, -0.05) is 25.0 Å². The van der Waals surface area contributed by atoms with Crippen molar-refractivity contribution in [1.82, 2.24) is 0 Å². The SMILES string of the molecule is CCC/C(C)=C/CC(=O)O. The molecular weight excluding hydrogens is 128 g/mol. The summed E-state index contributed by atoms with van der Waals surface area (Å²) in [7, 11) is 0. The highest BCUT2D eigenvalue weighted by Crippen LogP contribution is 2.03. The van der Waals surface area contributed by atoms with Gasteiger partial charge in [-0.25, -0.2) is 0 Å². The molecule has 0 aliphatic carbocycles. The Bertz CT molecular complexity index is 136. The fourth-order valence-electron chi connectivity index (χ4n) is 0.758. The van der Waals surface area contributed by atoms with Crippen LogP contribution >= 0.6 is 0 Å². The third-order valence-corrected chi connectivity index (χ3v) is 1.27. The lowest BCUT2D eigenvalue weighted by Crippen LogP contribution is -1.91. The van der Waals surface area contributed by atoms with Gasteiger partial charge in [-0.2, -0.15) is 0 Å². The first-order valence-corrected chi connectivity index (χ1v) is 3.54. The van der Waals surface area contributed by atoms with Crippen LogP contribution in [0.25, 0.3) is 0 Å². The molecule has 0 heterocycles. The molecule has 0 aromatic carbocycles. The van der Waals surface area contributed by atoms with Crippen LogP contribution in [0.1, 0.15) is 33.1 Å². The van der Waals surface area contributed by atoms with E-state index in [4.69, 9.17) is 5.11 Å². The van der Waals surface area contributed by atoms with E-state index >= 15 is 0 Å². The second-order valence-corrected chi connectivity index (χ2v) is 2.40. The Labute approximate surface area is 61.6 Å². The third kappa shape index (κ3) is 5.35. The van der Waals surface area contributed by atoms with Crippen LogP contribution in [0, 0.1) is 0 Å². The predicted octanol–water partition coefficient (Wildman–Crippen LogP) is 2.21. The second-order valence-electron chi connectivity index (χ2n) is 2.40. The minimum atomic E-state index is -0.754. The van der Waals surface area contributed by atoms with Gasteiger partial charge in [0.1, 0.15) is 0 Å². The van der Waals surface area contributed by atoms with E-state index in [1.807, 2.05) is 6.92 Å². The minimum Gasteiger partial charge on any atom is -0.481 e. The van der Waals surface area contributed by atoms with Crippen LogP contribution < -0.4 is 0 Å². The number of hydrogen-bond acceptors (Lipinski definition) is 1. The van der Waals surface area contributed by atoms with Crippen molar-refractivity contribution in [3.05, 3.63) is 11.6 Å². The smallest absolute Gasteiger partial charge is 0.307 e. The number of hydrogen-bond donors (Lipinski definition) is 1. The summed E-state index contributed by atoms with van der Waals surface area (Å²) in [6, 6.07) is 0. The van der Waals surface area contributed by atoms with Crippen molar-refractivity contribution in [1.29, 1.82) is 0 Å². The molecule has 0 amide bonds. The zero-order chi connectivity index (χ0) is 7.98. The van der Waals surface area contributed by atoms with Crippen LogP contribution in [0.5, 0.6) is 0 Å². The molecule has 0 unspecified atom stereocenters. The van der Waals surface area contributed by atoms with Crippen molar-refractivity contribution in [2.24, 2.45) is 0 Å². The van der Waals surface area contributed by atoms with E-state index in [9.17, 15) is 4.79 Å². The van der Waals surface area contributed by atoms with E-state index in [-0.39, 0.29) is 6.42 Å². The van der Waals surface area contributed by atoms with Crippen molar-refractivity contribution < 1.29 is 9.90 Å². The number of allylic oxidation sites excluding steroid dienone is 1. The number of carboxylic acids is 1. The van der Waals surface area contributed by atoms with Crippen molar-refractivity contribution >= 4 is 5.97 Å². The molecule has 0 aliphatic rings. The van der Waals surface area contributed by atoms with Gasteiger partial charge in [0.2, 0.25) is 0 Å². The summed E-state index contributed by atoms with van der Waals surface area (Å²) < 4.78 is 0. The van der Waals surface area contributed by atoms with Crippen molar-refractivity contribution in [3.63, 3.8) is 0 Å². The monoisotopic (exact) mass is 142 g/mol. The van der Waals surface area contributed by atoms with Crippen LogP contribution in [0.2, 0.25) is 0 Å². The van der Waals surface area contributed by atoms with Crippen LogP contribution in [-0.4, -0.2) is 11.1 Å². The van der Waals surface area contributed by atoms with Gasteiger partial charge >= 0.3 is 5.97 Å². The highest BCUT2D eigenvalue weighted by molar-refractivity contribution is 5.68. The topological polar surface area (TPSA) is 37.3 Å². The molecule has 0 aromatic heterocycles. The van der Waals surface area contributed by atoms with E-state index in [0.717, 1.165) is 12.8 Å². The molecule has 58 valence electrons. The first-order chi connectivity index (χ1) is 4.66.